The normalized spacial score (nSPS) is 15.6. The van der Waals surface area contributed by atoms with Crippen LogP contribution in [0.15, 0.2) is 22.7 Å². The fraction of sp³-hybridized carbons (Fsp3) is 0.385. The third kappa shape index (κ3) is 3.23. The first-order valence-electron chi connectivity index (χ1n) is 5.86. The van der Waals surface area contributed by atoms with Gasteiger partial charge in [0.1, 0.15) is 12.1 Å². The Morgan fingerprint density at radius 1 is 1.56 bits per heavy atom. The number of carbonyl (C=O) groups excluding carboxylic acids is 1. The molecule has 0 saturated heterocycles. The molecule has 2 rings (SSSR count). The molecule has 94 valence electrons. The van der Waals surface area contributed by atoms with E-state index in [0.717, 1.165) is 17.3 Å². The molecule has 1 amide bonds. The lowest BCUT2D eigenvalue weighted by Gasteiger charge is -2.16. The van der Waals surface area contributed by atoms with Gasteiger partial charge < -0.3 is 10.6 Å². The minimum Gasteiger partial charge on any atom is -0.373 e. The van der Waals surface area contributed by atoms with E-state index in [4.69, 9.17) is 5.26 Å². The highest BCUT2D eigenvalue weighted by Crippen LogP contribution is 2.22. The van der Waals surface area contributed by atoms with Crippen LogP contribution in [0.5, 0.6) is 0 Å². The predicted molar refractivity (Wildman–Crippen MR) is 73.1 cm³/mol. The van der Waals surface area contributed by atoms with Crippen molar-refractivity contribution in [2.45, 2.75) is 31.8 Å². The van der Waals surface area contributed by atoms with Crippen molar-refractivity contribution in [1.82, 2.24) is 5.32 Å². The summed E-state index contributed by atoms with van der Waals surface area (Å²) >= 11 is 3.32. The molecule has 0 spiro atoms. The smallest absolute Gasteiger partial charge is 0.242 e. The number of carbonyl (C=O) groups is 1. The average molecular weight is 308 g/mol. The highest BCUT2D eigenvalue weighted by molar-refractivity contribution is 9.10. The van der Waals surface area contributed by atoms with Crippen LogP contribution in [0.2, 0.25) is 0 Å². The summed E-state index contributed by atoms with van der Waals surface area (Å²) in [5.41, 5.74) is 1.20. The Labute approximate surface area is 115 Å². The van der Waals surface area contributed by atoms with Gasteiger partial charge in [0, 0.05) is 10.5 Å². The first-order valence-corrected chi connectivity index (χ1v) is 6.66. The van der Waals surface area contributed by atoms with E-state index in [1.807, 2.05) is 6.07 Å². The Hall–Kier alpha value is -1.54. The summed E-state index contributed by atoms with van der Waals surface area (Å²) in [5.74, 6) is -0.0238. The predicted octanol–water partition coefficient (Wildman–Crippen LogP) is 2.40. The van der Waals surface area contributed by atoms with Crippen LogP contribution in [-0.2, 0) is 4.79 Å². The lowest BCUT2D eigenvalue weighted by Crippen LogP contribution is -2.38. The summed E-state index contributed by atoms with van der Waals surface area (Å²) in [4.78, 5) is 11.8. The highest BCUT2D eigenvalue weighted by atomic mass is 79.9. The van der Waals surface area contributed by atoms with Crippen LogP contribution in [-0.4, -0.2) is 18.0 Å². The van der Waals surface area contributed by atoms with E-state index in [0.29, 0.717) is 17.3 Å². The Morgan fingerprint density at radius 2 is 2.28 bits per heavy atom. The number of nitrogens with one attached hydrogen (secondary N) is 2. The molecule has 1 saturated carbocycles. The molecule has 2 N–H and O–H groups in total. The molecule has 4 nitrogen and oxygen atoms in total. The van der Waals surface area contributed by atoms with Gasteiger partial charge in [-0.3, -0.25) is 4.79 Å². The number of rotatable bonds is 4. The van der Waals surface area contributed by atoms with Crippen molar-refractivity contribution in [1.29, 1.82) is 5.26 Å². The number of anilines is 1. The van der Waals surface area contributed by atoms with Crippen LogP contribution >= 0.6 is 15.9 Å². The van der Waals surface area contributed by atoms with Gasteiger partial charge in [-0.2, -0.15) is 5.26 Å². The van der Waals surface area contributed by atoms with Crippen molar-refractivity contribution in [2.75, 3.05) is 5.32 Å². The largest absolute Gasteiger partial charge is 0.373 e. The first-order chi connectivity index (χ1) is 8.60. The van der Waals surface area contributed by atoms with Gasteiger partial charge in [-0.05, 0) is 38.0 Å². The first kappa shape index (κ1) is 12.9. The zero-order valence-corrected chi connectivity index (χ0v) is 11.6. The van der Waals surface area contributed by atoms with Crippen molar-refractivity contribution in [3.63, 3.8) is 0 Å². The van der Waals surface area contributed by atoms with E-state index >= 15 is 0 Å². The average Bonchev–Trinajstić information content (AvgIpc) is 3.15. The van der Waals surface area contributed by atoms with Gasteiger partial charge in [-0.1, -0.05) is 15.9 Å². The van der Waals surface area contributed by atoms with Gasteiger partial charge in [0.15, 0.2) is 0 Å². The third-order valence-corrected chi connectivity index (χ3v) is 3.28. The number of nitriles is 1. The van der Waals surface area contributed by atoms with Crippen LogP contribution in [0, 0.1) is 11.3 Å². The number of nitrogens with zero attached hydrogens (tertiary/aromatic N) is 1. The molecule has 0 bridgehead atoms. The maximum Gasteiger partial charge on any atom is 0.242 e. The van der Waals surface area contributed by atoms with Crippen molar-refractivity contribution in [2.24, 2.45) is 0 Å². The quantitative estimate of drug-likeness (QED) is 0.897. The van der Waals surface area contributed by atoms with Gasteiger partial charge in [0.05, 0.1) is 11.3 Å². The van der Waals surface area contributed by atoms with E-state index in [-0.39, 0.29) is 11.9 Å². The van der Waals surface area contributed by atoms with Gasteiger partial charge in [0.25, 0.3) is 0 Å². The molecule has 0 aliphatic heterocycles. The standard InChI is InChI=1S/C13H14BrN3O/c1-8(13(18)17-11-3-4-11)16-12-5-2-10(14)6-9(12)7-15/h2,5-6,8,11,16H,3-4H2,1H3,(H,17,18). The summed E-state index contributed by atoms with van der Waals surface area (Å²) < 4.78 is 0.847. The molecular formula is C13H14BrN3O. The monoisotopic (exact) mass is 307 g/mol. The lowest BCUT2D eigenvalue weighted by atomic mass is 10.1. The zero-order chi connectivity index (χ0) is 13.1. The van der Waals surface area contributed by atoms with Gasteiger partial charge in [-0.25, -0.2) is 0 Å². The summed E-state index contributed by atoms with van der Waals surface area (Å²) in [7, 11) is 0. The van der Waals surface area contributed by atoms with Gasteiger partial charge in [-0.15, -0.1) is 0 Å². The second-order valence-electron chi connectivity index (χ2n) is 4.45. The molecule has 0 aromatic heterocycles. The Kier molecular flexibility index (Phi) is 3.87. The zero-order valence-electron chi connectivity index (χ0n) is 10.0. The molecule has 1 aromatic carbocycles. The Morgan fingerprint density at radius 3 is 2.89 bits per heavy atom. The third-order valence-electron chi connectivity index (χ3n) is 2.79. The van der Waals surface area contributed by atoms with E-state index < -0.39 is 0 Å². The summed E-state index contributed by atoms with van der Waals surface area (Å²) in [6, 6.07) is 7.48. The van der Waals surface area contributed by atoms with Crippen molar-refractivity contribution >= 4 is 27.5 Å². The maximum atomic E-state index is 11.8. The van der Waals surface area contributed by atoms with Crippen LogP contribution in [0.3, 0.4) is 0 Å². The Balaban J connectivity index is 2.03. The molecular weight excluding hydrogens is 294 g/mol. The Bertz CT molecular complexity index is 505. The number of benzene rings is 1. The molecule has 0 radical (unpaired) electrons. The van der Waals surface area contributed by atoms with E-state index in [1.165, 1.54) is 0 Å². The number of hydrogen-bond donors (Lipinski definition) is 2. The fourth-order valence-corrected chi connectivity index (χ4v) is 1.95. The van der Waals surface area contributed by atoms with Crippen LogP contribution in [0.1, 0.15) is 25.3 Å². The van der Waals surface area contributed by atoms with Gasteiger partial charge >= 0.3 is 0 Å². The van der Waals surface area contributed by atoms with Crippen LogP contribution in [0.25, 0.3) is 0 Å². The second kappa shape index (κ2) is 5.40. The molecule has 1 fully saturated rings. The molecule has 1 aromatic rings. The molecule has 1 unspecified atom stereocenters. The topological polar surface area (TPSA) is 64.9 Å². The van der Waals surface area contributed by atoms with Crippen molar-refractivity contribution in [3.8, 4) is 6.07 Å². The van der Waals surface area contributed by atoms with Crippen LogP contribution < -0.4 is 10.6 Å². The summed E-state index contributed by atoms with van der Waals surface area (Å²) in [6.45, 7) is 1.79. The number of hydrogen-bond acceptors (Lipinski definition) is 3. The SMILES string of the molecule is CC(Nc1ccc(Br)cc1C#N)C(=O)NC1CC1. The summed E-state index contributed by atoms with van der Waals surface area (Å²) in [6.07, 6.45) is 2.14. The molecule has 5 heteroatoms. The molecule has 0 heterocycles. The number of amides is 1. The van der Waals surface area contributed by atoms with Crippen molar-refractivity contribution < 1.29 is 4.79 Å². The maximum absolute atomic E-state index is 11.8. The minimum absolute atomic E-state index is 0.0238. The van der Waals surface area contributed by atoms with E-state index in [1.54, 1.807) is 19.1 Å². The molecule has 18 heavy (non-hydrogen) atoms. The highest BCUT2D eigenvalue weighted by Gasteiger charge is 2.25. The molecule has 1 aliphatic carbocycles. The molecule has 1 aliphatic rings. The van der Waals surface area contributed by atoms with Crippen LogP contribution in [0.4, 0.5) is 5.69 Å². The molecule has 1 atom stereocenters. The van der Waals surface area contributed by atoms with E-state index in [9.17, 15) is 4.79 Å². The fourth-order valence-electron chi connectivity index (χ4n) is 1.59. The van der Waals surface area contributed by atoms with Crippen molar-refractivity contribution in [3.05, 3.63) is 28.2 Å². The van der Waals surface area contributed by atoms with Gasteiger partial charge in [0.2, 0.25) is 5.91 Å². The number of halogens is 1. The van der Waals surface area contributed by atoms with E-state index in [2.05, 4.69) is 32.6 Å². The second-order valence-corrected chi connectivity index (χ2v) is 5.37. The lowest BCUT2D eigenvalue weighted by molar-refractivity contribution is -0.121. The summed E-state index contributed by atoms with van der Waals surface area (Å²) in [5, 5.41) is 15.0. The minimum atomic E-state index is -0.348.